The molecule has 1 aromatic heterocycles. The number of aliphatic hydroxyl groups excluding tert-OH is 1. The van der Waals surface area contributed by atoms with Gasteiger partial charge in [0.15, 0.2) is 0 Å². The van der Waals surface area contributed by atoms with Crippen molar-refractivity contribution >= 4 is 0 Å². The monoisotopic (exact) mass is 225 g/mol. The van der Waals surface area contributed by atoms with Gasteiger partial charge >= 0.3 is 0 Å². The molecular formula is C13H23NO2. The van der Waals surface area contributed by atoms with Crippen LogP contribution in [0, 0.1) is 12.8 Å². The maximum atomic E-state index is 8.91. The second-order valence-corrected chi connectivity index (χ2v) is 4.36. The Labute approximate surface area is 97.9 Å². The topological polar surface area (TPSA) is 45.4 Å². The van der Waals surface area contributed by atoms with Crippen molar-refractivity contribution in [1.82, 2.24) is 5.32 Å². The van der Waals surface area contributed by atoms with Crippen LogP contribution < -0.4 is 5.32 Å². The van der Waals surface area contributed by atoms with Gasteiger partial charge in [-0.2, -0.15) is 0 Å². The van der Waals surface area contributed by atoms with E-state index < -0.39 is 0 Å². The summed E-state index contributed by atoms with van der Waals surface area (Å²) >= 11 is 0. The molecule has 2 N–H and O–H groups in total. The molecule has 0 bridgehead atoms. The maximum absolute atomic E-state index is 8.91. The fraction of sp³-hybridized carbons (Fsp3) is 0.692. The molecule has 0 aliphatic carbocycles. The Hall–Kier alpha value is -0.800. The summed E-state index contributed by atoms with van der Waals surface area (Å²) in [5, 5.41) is 12.4. The Morgan fingerprint density at radius 1 is 1.44 bits per heavy atom. The highest BCUT2D eigenvalue weighted by Crippen LogP contribution is 2.16. The van der Waals surface area contributed by atoms with E-state index in [0.717, 1.165) is 30.9 Å². The fourth-order valence-electron chi connectivity index (χ4n) is 1.76. The zero-order valence-electron chi connectivity index (χ0n) is 10.5. The molecule has 1 aromatic rings. The number of aliphatic hydroxyl groups is 1. The molecule has 2 unspecified atom stereocenters. The van der Waals surface area contributed by atoms with Gasteiger partial charge in [-0.3, -0.25) is 0 Å². The number of furan rings is 1. The van der Waals surface area contributed by atoms with Crippen LogP contribution in [0.2, 0.25) is 0 Å². The molecule has 1 heterocycles. The number of aryl methyl sites for hydroxylation is 1. The van der Waals surface area contributed by atoms with Crippen LogP contribution in [0.4, 0.5) is 0 Å². The minimum absolute atomic E-state index is 0.237. The van der Waals surface area contributed by atoms with E-state index >= 15 is 0 Å². The van der Waals surface area contributed by atoms with Gasteiger partial charge in [-0.1, -0.05) is 13.3 Å². The molecule has 0 radical (unpaired) electrons. The lowest BCUT2D eigenvalue weighted by molar-refractivity contribution is 0.247. The predicted molar refractivity (Wildman–Crippen MR) is 65.3 cm³/mol. The van der Waals surface area contributed by atoms with Gasteiger partial charge in [0.25, 0.3) is 0 Å². The summed E-state index contributed by atoms with van der Waals surface area (Å²) in [6.45, 7) is 7.41. The van der Waals surface area contributed by atoms with Crippen LogP contribution in [0.5, 0.6) is 0 Å². The first-order chi connectivity index (χ1) is 7.67. The number of rotatable bonds is 7. The van der Waals surface area contributed by atoms with E-state index in [0.29, 0.717) is 5.92 Å². The average Bonchev–Trinajstić information content (AvgIpc) is 2.70. The van der Waals surface area contributed by atoms with Crippen LogP contribution >= 0.6 is 0 Å². The van der Waals surface area contributed by atoms with Crippen LogP contribution in [-0.4, -0.2) is 18.3 Å². The quantitative estimate of drug-likeness (QED) is 0.750. The highest BCUT2D eigenvalue weighted by atomic mass is 16.3. The molecule has 0 aromatic carbocycles. The molecule has 0 aliphatic heterocycles. The Bertz CT molecular complexity index is 296. The molecular weight excluding hydrogens is 202 g/mol. The van der Waals surface area contributed by atoms with E-state index in [9.17, 15) is 0 Å². The van der Waals surface area contributed by atoms with Gasteiger partial charge in [-0.15, -0.1) is 0 Å². The first-order valence-corrected chi connectivity index (χ1v) is 6.08. The third kappa shape index (κ3) is 3.99. The van der Waals surface area contributed by atoms with Crippen LogP contribution in [0.1, 0.15) is 44.3 Å². The third-order valence-corrected chi connectivity index (χ3v) is 3.02. The van der Waals surface area contributed by atoms with Crippen molar-refractivity contribution in [2.24, 2.45) is 5.92 Å². The first-order valence-electron chi connectivity index (χ1n) is 6.08. The lowest BCUT2D eigenvalue weighted by Crippen LogP contribution is -2.25. The normalized spacial score (nSPS) is 15.0. The first kappa shape index (κ1) is 13.3. The van der Waals surface area contributed by atoms with E-state index in [1.807, 2.05) is 19.1 Å². The SMILES string of the molecule is CCC(CCO)CNC(C)c1ccc(C)o1. The van der Waals surface area contributed by atoms with Crippen molar-refractivity contribution in [3.8, 4) is 0 Å². The number of nitrogens with one attached hydrogen (secondary N) is 1. The van der Waals surface area contributed by atoms with E-state index in [1.54, 1.807) is 0 Å². The molecule has 0 fully saturated rings. The Kier molecular flexibility index (Phi) is 5.56. The molecule has 3 nitrogen and oxygen atoms in total. The van der Waals surface area contributed by atoms with Crippen molar-refractivity contribution in [3.05, 3.63) is 23.7 Å². The van der Waals surface area contributed by atoms with Gasteiger partial charge in [0, 0.05) is 6.61 Å². The molecule has 92 valence electrons. The highest BCUT2D eigenvalue weighted by Gasteiger charge is 2.11. The minimum Gasteiger partial charge on any atom is -0.465 e. The van der Waals surface area contributed by atoms with Crippen LogP contribution in [-0.2, 0) is 0 Å². The smallest absolute Gasteiger partial charge is 0.120 e. The third-order valence-electron chi connectivity index (χ3n) is 3.02. The summed E-state index contributed by atoms with van der Waals surface area (Å²) in [4.78, 5) is 0. The Morgan fingerprint density at radius 3 is 2.69 bits per heavy atom. The van der Waals surface area contributed by atoms with Crippen molar-refractivity contribution in [1.29, 1.82) is 0 Å². The lowest BCUT2D eigenvalue weighted by Gasteiger charge is -2.17. The van der Waals surface area contributed by atoms with Crippen molar-refractivity contribution in [2.45, 2.75) is 39.7 Å². The molecule has 2 atom stereocenters. The van der Waals surface area contributed by atoms with Crippen LogP contribution in [0.25, 0.3) is 0 Å². The summed E-state index contributed by atoms with van der Waals surface area (Å²) < 4.78 is 5.56. The van der Waals surface area contributed by atoms with Crippen molar-refractivity contribution in [3.63, 3.8) is 0 Å². The molecule has 0 aliphatic rings. The van der Waals surface area contributed by atoms with Crippen LogP contribution in [0.3, 0.4) is 0 Å². The number of hydrogen-bond acceptors (Lipinski definition) is 3. The van der Waals surface area contributed by atoms with Gasteiger partial charge in [0.1, 0.15) is 11.5 Å². The van der Waals surface area contributed by atoms with E-state index in [1.165, 1.54) is 0 Å². The molecule has 0 spiro atoms. The van der Waals surface area contributed by atoms with Gasteiger partial charge in [0.2, 0.25) is 0 Å². The van der Waals surface area contributed by atoms with Gasteiger partial charge in [-0.05, 0) is 44.9 Å². The zero-order chi connectivity index (χ0) is 12.0. The fourth-order valence-corrected chi connectivity index (χ4v) is 1.76. The van der Waals surface area contributed by atoms with Crippen molar-refractivity contribution < 1.29 is 9.52 Å². The van der Waals surface area contributed by atoms with Gasteiger partial charge < -0.3 is 14.8 Å². The summed E-state index contributed by atoms with van der Waals surface area (Å²) in [6, 6.07) is 4.24. The van der Waals surface area contributed by atoms with Crippen molar-refractivity contribution in [2.75, 3.05) is 13.2 Å². The van der Waals surface area contributed by atoms with Gasteiger partial charge in [0.05, 0.1) is 6.04 Å². The highest BCUT2D eigenvalue weighted by molar-refractivity contribution is 5.08. The second-order valence-electron chi connectivity index (χ2n) is 4.36. The molecule has 0 amide bonds. The van der Waals surface area contributed by atoms with Gasteiger partial charge in [-0.25, -0.2) is 0 Å². The minimum atomic E-state index is 0.237. The molecule has 0 saturated heterocycles. The Balaban J connectivity index is 2.36. The van der Waals surface area contributed by atoms with Crippen LogP contribution in [0.15, 0.2) is 16.5 Å². The van der Waals surface area contributed by atoms with E-state index in [-0.39, 0.29) is 12.6 Å². The summed E-state index contributed by atoms with van der Waals surface area (Å²) in [7, 11) is 0. The Morgan fingerprint density at radius 2 is 2.19 bits per heavy atom. The molecule has 1 rings (SSSR count). The molecule has 16 heavy (non-hydrogen) atoms. The van der Waals surface area contributed by atoms with E-state index in [4.69, 9.17) is 9.52 Å². The molecule has 0 saturated carbocycles. The average molecular weight is 225 g/mol. The summed E-state index contributed by atoms with van der Waals surface area (Å²) in [6.07, 6.45) is 1.96. The summed E-state index contributed by atoms with van der Waals surface area (Å²) in [5.74, 6) is 2.48. The van der Waals surface area contributed by atoms with E-state index in [2.05, 4.69) is 19.2 Å². The second kappa shape index (κ2) is 6.71. The molecule has 3 heteroatoms. The zero-order valence-corrected chi connectivity index (χ0v) is 10.5. The predicted octanol–water partition coefficient (Wildman–Crippen LogP) is 2.65. The summed E-state index contributed by atoms with van der Waals surface area (Å²) in [5.41, 5.74) is 0. The lowest BCUT2D eigenvalue weighted by atomic mass is 10.0. The number of hydrogen-bond donors (Lipinski definition) is 2. The standard InChI is InChI=1S/C13H23NO2/c1-4-12(7-8-15)9-14-11(3)13-6-5-10(2)16-13/h5-6,11-12,14-15H,4,7-9H2,1-3H3. The maximum Gasteiger partial charge on any atom is 0.120 e. The largest absolute Gasteiger partial charge is 0.465 e.